The summed E-state index contributed by atoms with van der Waals surface area (Å²) in [4.78, 5) is 23.3. The average molecular weight is 267 g/mol. The molecule has 0 aliphatic rings. The van der Waals surface area contributed by atoms with Crippen LogP contribution in [0.25, 0.3) is 0 Å². The number of nitro benzene ring substituents is 1. The SMILES string of the molecule is CN(C)CCNC(C(=O)O)c1cccc([N+](=O)[O-])c1. The Kier molecular flexibility index (Phi) is 5.40. The first-order chi connectivity index (χ1) is 8.91. The Bertz CT molecular complexity index is 462. The fraction of sp³-hybridized carbons (Fsp3) is 0.417. The van der Waals surface area contributed by atoms with Gasteiger partial charge in [-0.2, -0.15) is 0 Å². The number of carbonyl (C=O) groups is 1. The van der Waals surface area contributed by atoms with Crippen LogP contribution in [0.4, 0.5) is 5.69 Å². The van der Waals surface area contributed by atoms with Crippen molar-refractivity contribution < 1.29 is 14.8 Å². The van der Waals surface area contributed by atoms with Crippen LogP contribution in [0, 0.1) is 10.1 Å². The second-order valence-corrected chi connectivity index (χ2v) is 4.38. The number of non-ortho nitro benzene ring substituents is 1. The van der Waals surface area contributed by atoms with Crippen molar-refractivity contribution in [1.82, 2.24) is 10.2 Å². The lowest BCUT2D eigenvalue weighted by Gasteiger charge is -2.16. The van der Waals surface area contributed by atoms with Gasteiger partial charge in [-0.05, 0) is 19.7 Å². The number of nitrogens with one attached hydrogen (secondary N) is 1. The maximum absolute atomic E-state index is 11.2. The molecular weight excluding hydrogens is 250 g/mol. The standard InChI is InChI=1S/C12H17N3O4/c1-14(2)7-6-13-11(12(16)17)9-4-3-5-10(8-9)15(18)19/h3-5,8,11,13H,6-7H2,1-2H3,(H,16,17). The zero-order valence-corrected chi connectivity index (χ0v) is 10.9. The van der Waals surface area contributed by atoms with Gasteiger partial charge in [0.05, 0.1) is 4.92 Å². The molecule has 0 aliphatic heterocycles. The summed E-state index contributed by atoms with van der Waals surface area (Å²) < 4.78 is 0. The van der Waals surface area contributed by atoms with Crippen LogP contribution >= 0.6 is 0 Å². The molecule has 0 aromatic heterocycles. The van der Waals surface area contributed by atoms with Crippen LogP contribution in [-0.2, 0) is 4.79 Å². The Morgan fingerprint density at radius 3 is 2.74 bits per heavy atom. The molecule has 0 bridgehead atoms. The first-order valence-corrected chi connectivity index (χ1v) is 5.77. The third-order valence-corrected chi connectivity index (χ3v) is 2.57. The van der Waals surface area contributed by atoms with E-state index in [1.165, 1.54) is 18.2 Å². The highest BCUT2D eigenvalue weighted by atomic mass is 16.6. The summed E-state index contributed by atoms with van der Waals surface area (Å²) in [6, 6.07) is 4.72. The highest BCUT2D eigenvalue weighted by Gasteiger charge is 2.20. The summed E-state index contributed by atoms with van der Waals surface area (Å²) in [5.41, 5.74) is 0.263. The molecule has 0 spiro atoms. The minimum absolute atomic E-state index is 0.113. The van der Waals surface area contributed by atoms with E-state index in [0.29, 0.717) is 18.7 Å². The molecule has 0 fully saturated rings. The number of hydrogen-bond donors (Lipinski definition) is 2. The molecule has 0 saturated carbocycles. The molecule has 1 unspecified atom stereocenters. The molecule has 1 atom stereocenters. The van der Waals surface area contributed by atoms with E-state index in [1.807, 2.05) is 19.0 Å². The monoisotopic (exact) mass is 267 g/mol. The van der Waals surface area contributed by atoms with Crippen LogP contribution in [0.15, 0.2) is 24.3 Å². The second-order valence-electron chi connectivity index (χ2n) is 4.38. The van der Waals surface area contributed by atoms with Crippen molar-refractivity contribution >= 4 is 11.7 Å². The van der Waals surface area contributed by atoms with Gasteiger partial charge in [0.2, 0.25) is 0 Å². The Balaban J connectivity index is 2.84. The molecule has 7 heteroatoms. The number of benzene rings is 1. The summed E-state index contributed by atoms with van der Waals surface area (Å²) in [7, 11) is 3.76. The van der Waals surface area contributed by atoms with Crippen molar-refractivity contribution in [2.45, 2.75) is 6.04 Å². The maximum atomic E-state index is 11.2. The lowest BCUT2D eigenvalue weighted by Crippen LogP contribution is -2.33. The van der Waals surface area contributed by atoms with Crippen molar-refractivity contribution in [3.63, 3.8) is 0 Å². The lowest BCUT2D eigenvalue weighted by molar-refractivity contribution is -0.384. The van der Waals surface area contributed by atoms with Crippen LogP contribution < -0.4 is 5.32 Å². The highest BCUT2D eigenvalue weighted by molar-refractivity contribution is 5.75. The lowest BCUT2D eigenvalue weighted by atomic mass is 10.1. The van der Waals surface area contributed by atoms with E-state index in [2.05, 4.69) is 5.32 Å². The number of likely N-dealkylation sites (N-methyl/N-ethyl adjacent to an activating group) is 1. The first kappa shape index (κ1) is 15.1. The fourth-order valence-corrected chi connectivity index (χ4v) is 1.60. The molecule has 1 aromatic rings. The molecule has 0 heterocycles. The third-order valence-electron chi connectivity index (χ3n) is 2.57. The highest BCUT2D eigenvalue weighted by Crippen LogP contribution is 2.19. The van der Waals surface area contributed by atoms with Gasteiger partial charge in [0.25, 0.3) is 5.69 Å². The van der Waals surface area contributed by atoms with Gasteiger partial charge in [-0.25, -0.2) is 0 Å². The minimum Gasteiger partial charge on any atom is -0.480 e. The predicted octanol–water partition coefficient (Wildman–Crippen LogP) is 0.872. The van der Waals surface area contributed by atoms with Crippen LogP contribution in [0.3, 0.4) is 0 Å². The molecule has 0 amide bonds. The molecule has 0 radical (unpaired) electrons. The van der Waals surface area contributed by atoms with Crippen molar-refractivity contribution in [3.05, 3.63) is 39.9 Å². The smallest absolute Gasteiger partial charge is 0.325 e. The topological polar surface area (TPSA) is 95.7 Å². The normalized spacial score (nSPS) is 12.4. The summed E-state index contributed by atoms with van der Waals surface area (Å²) >= 11 is 0. The fourth-order valence-electron chi connectivity index (χ4n) is 1.60. The van der Waals surface area contributed by atoms with E-state index in [4.69, 9.17) is 0 Å². The molecule has 1 aromatic carbocycles. The van der Waals surface area contributed by atoms with Gasteiger partial charge in [-0.1, -0.05) is 12.1 Å². The summed E-state index contributed by atoms with van der Waals surface area (Å²) in [6.45, 7) is 1.16. The van der Waals surface area contributed by atoms with Crippen LogP contribution in [0.5, 0.6) is 0 Å². The van der Waals surface area contributed by atoms with Crippen LogP contribution in [0.1, 0.15) is 11.6 Å². The average Bonchev–Trinajstić information content (AvgIpc) is 2.34. The van der Waals surface area contributed by atoms with E-state index in [1.54, 1.807) is 6.07 Å². The number of hydrogen-bond acceptors (Lipinski definition) is 5. The molecule has 7 nitrogen and oxygen atoms in total. The number of nitro groups is 1. The van der Waals surface area contributed by atoms with Gasteiger partial charge in [-0.3, -0.25) is 20.2 Å². The van der Waals surface area contributed by atoms with Gasteiger partial charge in [-0.15, -0.1) is 0 Å². The van der Waals surface area contributed by atoms with Crippen molar-refractivity contribution in [2.75, 3.05) is 27.2 Å². The maximum Gasteiger partial charge on any atom is 0.325 e. The number of nitrogens with zero attached hydrogens (tertiary/aromatic N) is 2. The molecule has 2 N–H and O–H groups in total. The van der Waals surface area contributed by atoms with Gasteiger partial charge >= 0.3 is 5.97 Å². The second kappa shape index (κ2) is 6.81. The van der Waals surface area contributed by atoms with Crippen LogP contribution in [0.2, 0.25) is 0 Å². The molecule has 0 saturated heterocycles. The van der Waals surface area contributed by atoms with E-state index in [9.17, 15) is 20.0 Å². The minimum atomic E-state index is -1.06. The Hall–Kier alpha value is -1.99. The van der Waals surface area contributed by atoms with Gasteiger partial charge < -0.3 is 10.0 Å². The molecule has 1 rings (SSSR count). The quantitative estimate of drug-likeness (QED) is 0.562. The van der Waals surface area contributed by atoms with E-state index in [-0.39, 0.29) is 5.69 Å². The zero-order chi connectivity index (χ0) is 14.4. The number of carboxylic acids is 1. The molecule has 104 valence electrons. The Morgan fingerprint density at radius 2 is 2.21 bits per heavy atom. The van der Waals surface area contributed by atoms with E-state index in [0.717, 1.165) is 0 Å². The first-order valence-electron chi connectivity index (χ1n) is 5.77. The summed E-state index contributed by atoms with van der Waals surface area (Å²) in [5, 5.41) is 22.7. The molecule has 0 aliphatic carbocycles. The number of aliphatic carboxylic acids is 1. The molecule has 19 heavy (non-hydrogen) atoms. The van der Waals surface area contributed by atoms with Crippen LogP contribution in [-0.4, -0.2) is 48.1 Å². The molecular formula is C12H17N3O4. The van der Waals surface area contributed by atoms with Crippen molar-refractivity contribution in [3.8, 4) is 0 Å². The van der Waals surface area contributed by atoms with Crippen molar-refractivity contribution in [1.29, 1.82) is 0 Å². The number of carboxylic acid groups (broad SMARTS) is 1. The van der Waals surface area contributed by atoms with Crippen molar-refractivity contribution in [2.24, 2.45) is 0 Å². The van der Waals surface area contributed by atoms with E-state index < -0.39 is 16.9 Å². The zero-order valence-electron chi connectivity index (χ0n) is 10.9. The Labute approximate surface area is 111 Å². The summed E-state index contributed by atoms with van der Waals surface area (Å²) in [5.74, 6) is -1.06. The van der Waals surface area contributed by atoms with E-state index >= 15 is 0 Å². The largest absolute Gasteiger partial charge is 0.480 e. The van der Waals surface area contributed by atoms with Gasteiger partial charge in [0, 0.05) is 25.2 Å². The number of rotatable bonds is 7. The Morgan fingerprint density at radius 1 is 1.53 bits per heavy atom. The van der Waals surface area contributed by atoms with Gasteiger partial charge in [0.1, 0.15) is 6.04 Å². The predicted molar refractivity (Wildman–Crippen MR) is 70.0 cm³/mol. The third kappa shape index (κ3) is 4.65. The van der Waals surface area contributed by atoms with Gasteiger partial charge in [0.15, 0.2) is 0 Å². The summed E-state index contributed by atoms with van der Waals surface area (Å²) in [6.07, 6.45) is 0.